The number of rotatable bonds is 4. The highest BCUT2D eigenvalue weighted by atomic mass is 79.9. The maximum absolute atomic E-state index is 4.19. The molecule has 1 N–H and O–H groups in total. The summed E-state index contributed by atoms with van der Waals surface area (Å²) in [4.78, 5) is 4.00. The molecular formula is C16H15BrN4. The Bertz CT molecular complexity index is 738. The van der Waals surface area contributed by atoms with Gasteiger partial charge in [0.2, 0.25) is 0 Å². The van der Waals surface area contributed by atoms with Gasteiger partial charge in [0.05, 0.1) is 11.4 Å². The van der Waals surface area contributed by atoms with Crippen LogP contribution in [0.15, 0.2) is 59.6 Å². The van der Waals surface area contributed by atoms with Gasteiger partial charge in [0.25, 0.3) is 0 Å². The van der Waals surface area contributed by atoms with Gasteiger partial charge in [-0.25, -0.2) is 9.67 Å². The molecule has 3 rings (SSSR count). The van der Waals surface area contributed by atoms with Crippen molar-refractivity contribution in [1.29, 1.82) is 0 Å². The van der Waals surface area contributed by atoms with Gasteiger partial charge in [0.15, 0.2) is 0 Å². The van der Waals surface area contributed by atoms with E-state index < -0.39 is 0 Å². The zero-order valence-electron chi connectivity index (χ0n) is 11.6. The number of anilines is 1. The Morgan fingerprint density at radius 1 is 1.19 bits per heavy atom. The number of aromatic nitrogens is 3. The van der Waals surface area contributed by atoms with Crippen LogP contribution in [0.5, 0.6) is 0 Å². The molecule has 0 bridgehead atoms. The predicted molar refractivity (Wildman–Crippen MR) is 87.6 cm³/mol. The molecule has 3 aromatic rings. The zero-order chi connectivity index (χ0) is 14.7. The topological polar surface area (TPSA) is 42.7 Å². The van der Waals surface area contributed by atoms with Gasteiger partial charge in [0, 0.05) is 11.0 Å². The van der Waals surface area contributed by atoms with E-state index in [1.807, 2.05) is 24.3 Å². The van der Waals surface area contributed by atoms with Crippen molar-refractivity contribution in [2.75, 3.05) is 5.32 Å². The molecule has 106 valence electrons. The molecule has 0 atom stereocenters. The molecular weight excluding hydrogens is 328 g/mol. The van der Waals surface area contributed by atoms with Crippen LogP contribution in [-0.4, -0.2) is 14.8 Å². The number of halogens is 1. The number of benzene rings is 2. The lowest BCUT2D eigenvalue weighted by Crippen LogP contribution is -2.05. The highest BCUT2D eigenvalue weighted by Crippen LogP contribution is 2.22. The summed E-state index contributed by atoms with van der Waals surface area (Å²) in [5, 5.41) is 7.65. The van der Waals surface area contributed by atoms with E-state index in [2.05, 4.69) is 56.5 Å². The molecule has 0 fully saturated rings. The molecule has 21 heavy (non-hydrogen) atoms. The number of hydrogen-bond donors (Lipinski definition) is 1. The van der Waals surface area contributed by atoms with E-state index in [1.165, 1.54) is 17.5 Å². The third-order valence-electron chi connectivity index (χ3n) is 3.25. The Morgan fingerprint density at radius 2 is 2.05 bits per heavy atom. The van der Waals surface area contributed by atoms with Crippen LogP contribution in [0.2, 0.25) is 0 Å². The Hall–Kier alpha value is -2.14. The van der Waals surface area contributed by atoms with Crippen molar-refractivity contribution in [1.82, 2.24) is 14.8 Å². The highest BCUT2D eigenvalue weighted by Gasteiger charge is 2.05. The molecule has 0 aliphatic carbocycles. The summed E-state index contributed by atoms with van der Waals surface area (Å²) in [6.45, 7) is 2.83. The summed E-state index contributed by atoms with van der Waals surface area (Å²) in [5.41, 5.74) is 4.47. The fourth-order valence-electron chi connectivity index (χ4n) is 2.14. The van der Waals surface area contributed by atoms with E-state index in [0.717, 1.165) is 22.4 Å². The number of para-hydroxylation sites is 2. The maximum Gasteiger partial charge on any atom is 0.138 e. The Morgan fingerprint density at radius 3 is 2.81 bits per heavy atom. The minimum Gasteiger partial charge on any atom is -0.379 e. The van der Waals surface area contributed by atoms with Crippen LogP contribution in [0.25, 0.3) is 5.69 Å². The first-order valence-corrected chi connectivity index (χ1v) is 7.46. The molecule has 2 aromatic carbocycles. The normalized spacial score (nSPS) is 10.6. The van der Waals surface area contributed by atoms with Crippen molar-refractivity contribution >= 4 is 21.6 Å². The Labute approximate surface area is 132 Å². The van der Waals surface area contributed by atoms with Gasteiger partial charge in [-0.15, -0.1) is 0 Å². The molecule has 0 saturated heterocycles. The number of hydrogen-bond acceptors (Lipinski definition) is 3. The smallest absolute Gasteiger partial charge is 0.138 e. The third kappa shape index (κ3) is 3.13. The Kier molecular flexibility index (Phi) is 4.01. The molecule has 0 unspecified atom stereocenters. The SMILES string of the molecule is Cc1ccc(CNc2ccccc2-n2cncn2)c(Br)c1. The lowest BCUT2D eigenvalue weighted by atomic mass is 10.1. The first kappa shape index (κ1) is 13.8. The van der Waals surface area contributed by atoms with Crippen LogP contribution in [0, 0.1) is 6.92 Å². The van der Waals surface area contributed by atoms with Gasteiger partial charge in [-0.2, -0.15) is 5.10 Å². The monoisotopic (exact) mass is 342 g/mol. The largest absolute Gasteiger partial charge is 0.379 e. The predicted octanol–water partition coefficient (Wildman–Crippen LogP) is 3.95. The van der Waals surface area contributed by atoms with Crippen molar-refractivity contribution in [3.63, 3.8) is 0 Å². The lowest BCUT2D eigenvalue weighted by Gasteiger charge is -2.12. The van der Waals surface area contributed by atoms with Crippen molar-refractivity contribution in [2.45, 2.75) is 13.5 Å². The summed E-state index contributed by atoms with van der Waals surface area (Å²) >= 11 is 3.61. The molecule has 0 aliphatic rings. The van der Waals surface area contributed by atoms with Crippen LogP contribution in [-0.2, 0) is 6.54 Å². The van der Waals surface area contributed by atoms with Crippen molar-refractivity contribution in [3.05, 3.63) is 70.7 Å². The van der Waals surface area contributed by atoms with Gasteiger partial charge in [0.1, 0.15) is 12.7 Å². The second kappa shape index (κ2) is 6.10. The number of nitrogens with one attached hydrogen (secondary N) is 1. The van der Waals surface area contributed by atoms with Gasteiger partial charge >= 0.3 is 0 Å². The molecule has 0 amide bonds. The van der Waals surface area contributed by atoms with Crippen LogP contribution in [0.1, 0.15) is 11.1 Å². The summed E-state index contributed by atoms with van der Waals surface area (Å²) in [6.07, 6.45) is 3.23. The van der Waals surface area contributed by atoms with E-state index in [-0.39, 0.29) is 0 Å². The summed E-state index contributed by atoms with van der Waals surface area (Å²) in [6, 6.07) is 14.4. The van der Waals surface area contributed by atoms with Crippen molar-refractivity contribution in [2.24, 2.45) is 0 Å². The average Bonchev–Trinajstić information content (AvgIpc) is 3.01. The second-order valence-corrected chi connectivity index (χ2v) is 5.66. The fraction of sp³-hybridized carbons (Fsp3) is 0.125. The Balaban J connectivity index is 1.83. The molecule has 0 saturated carbocycles. The van der Waals surface area contributed by atoms with E-state index in [0.29, 0.717) is 0 Å². The standard InChI is InChI=1S/C16H15BrN4/c1-12-6-7-13(14(17)8-12)9-19-15-4-2-3-5-16(15)21-11-18-10-20-21/h2-8,10-11,19H,9H2,1H3. The zero-order valence-corrected chi connectivity index (χ0v) is 13.2. The van der Waals surface area contributed by atoms with Gasteiger partial charge in [-0.3, -0.25) is 0 Å². The molecule has 5 heteroatoms. The quantitative estimate of drug-likeness (QED) is 0.780. The summed E-state index contributed by atoms with van der Waals surface area (Å²) in [5.74, 6) is 0. The first-order valence-electron chi connectivity index (χ1n) is 6.67. The van der Waals surface area contributed by atoms with Crippen LogP contribution in [0.4, 0.5) is 5.69 Å². The minimum absolute atomic E-state index is 0.743. The molecule has 0 aliphatic heterocycles. The second-order valence-electron chi connectivity index (χ2n) is 4.81. The van der Waals surface area contributed by atoms with Gasteiger partial charge < -0.3 is 5.32 Å². The molecule has 1 aromatic heterocycles. The minimum atomic E-state index is 0.743. The van der Waals surface area contributed by atoms with Crippen molar-refractivity contribution < 1.29 is 0 Å². The molecule has 0 spiro atoms. The average molecular weight is 343 g/mol. The molecule has 0 radical (unpaired) electrons. The highest BCUT2D eigenvalue weighted by molar-refractivity contribution is 9.10. The maximum atomic E-state index is 4.19. The van der Waals surface area contributed by atoms with E-state index in [9.17, 15) is 0 Å². The summed E-state index contributed by atoms with van der Waals surface area (Å²) < 4.78 is 2.88. The lowest BCUT2D eigenvalue weighted by molar-refractivity contribution is 0.877. The van der Waals surface area contributed by atoms with Gasteiger partial charge in [-0.1, -0.05) is 40.2 Å². The van der Waals surface area contributed by atoms with Crippen LogP contribution < -0.4 is 5.32 Å². The van der Waals surface area contributed by atoms with Gasteiger partial charge in [-0.05, 0) is 36.2 Å². The van der Waals surface area contributed by atoms with E-state index >= 15 is 0 Å². The number of nitrogens with zero attached hydrogens (tertiary/aromatic N) is 3. The summed E-state index contributed by atoms with van der Waals surface area (Å²) in [7, 11) is 0. The van der Waals surface area contributed by atoms with E-state index in [4.69, 9.17) is 0 Å². The fourth-order valence-corrected chi connectivity index (χ4v) is 2.78. The molecule has 4 nitrogen and oxygen atoms in total. The van der Waals surface area contributed by atoms with Crippen LogP contribution in [0.3, 0.4) is 0 Å². The first-order chi connectivity index (χ1) is 10.2. The van der Waals surface area contributed by atoms with Crippen molar-refractivity contribution in [3.8, 4) is 5.69 Å². The third-order valence-corrected chi connectivity index (χ3v) is 3.99. The van der Waals surface area contributed by atoms with Crippen LogP contribution >= 0.6 is 15.9 Å². The molecule has 1 heterocycles. The van der Waals surface area contributed by atoms with E-state index in [1.54, 1.807) is 11.0 Å². The number of aryl methyl sites for hydroxylation is 1.